The van der Waals surface area contributed by atoms with Crippen LogP contribution in [0.1, 0.15) is 65.0 Å². The van der Waals surface area contributed by atoms with E-state index in [1.165, 1.54) is 6.42 Å². The van der Waals surface area contributed by atoms with E-state index in [2.05, 4.69) is 17.5 Å². The Morgan fingerprint density at radius 1 is 1.21 bits per heavy atom. The first kappa shape index (κ1) is 27.6. The zero-order chi connectivity index (χ0) is 27.2. The highest BCUT2D eigenvalue weighted by atomic mass is 16.5. The first-order valence-electron chi connectivity index (χ1n) is 13.4. The molecule has 1 unspecified atom stereocenters. The van der Waals surface area contributed by atoms with Crippen LogP contribution in [0.3, 0.4) is 0 Å². The number of Topliss-reactive ketones (excluding diaryl/α,β-unsaturated/α-hetero) is 1. The molecule has 202 valence electrons. The number of rotatable bonds is 12. The summed E-state index contributed by atoms with van der Waals surface area (Å²) in [5.74, 6) is 1.27. The molecule has 1 saturated carbocycles. The molecule has 0 saturated heterocycles. The fraction of sp³-hybridized carbons (Fsp3) is 0.452. The van der Waals surface area contributed by atoms with Gasteiger partial charge in [-0.15, -0.1) is 0 Å². The molecule has 7 nitrogen and oxygen atoms in total. The number of aryl methyl sites for hydroxylation is 1. The fourth-order valence-electron chi connectivity index (χ4n) is 5.12. The third-order valence-corrected chi connectivity index (χ3v) is 7.65. The van der Waals surface area contributed by atoms with Gasteiger partial charge in [-0.25, -0.2) is 0 Å². The number of allylic oxidation sites excluding steroid dienone is 5. The predicted molar refractivity (Wildman–Crippen MR) is 148 cm³/mol. The van der Waals surface area contributed by atoms with E-state index in [-0.39, 0.29) is 28.9 Å². The number of fused-ring (bicyclic) bond motifs is 1. The number of carbonyl (C=O) groups excluding carboxylic acids is 3. The Hall–Kier alpha value is -3.45. The molecule has 1 fully saturated rings. The number of likely N-dealkylation sites (N-methyl/N-ethyl adjacent to an activating group) is 1. The molecule has 2 aromatic rings. The molecule has 4 rings (SSSR count). The van der Waals surface area contributed by atoms with E-state index in [0.717, 1.165) is 43.3 Å². The highest BCUT2D eigenvalue weighted by molar-refractivity contribution is 6.21. The van der Waals surface area contributed by atoms with E-state index < -0.39 is 0 Å². The summed E-state index contributed by atoms with van der Waals surface area (Å²) in [6, 6.07) is 5.13. The number of hydrogen-bond acceptors (Lipinski definition) is 6. The number of nitrogens with zero attached hydrogens (tertiary/aromatic N) is 1. The number of nitrogens with one attached hydrogen (secondary N) is 1. The van der Waals surface area contributed by atoms with Crippen LogP contribution in [0.15, 0.2) is 57.7 Å². The Bertz CT molecular complexity index is 1290. The van der Waals surface area contributed by atoms with Crippen molar-refractivity contribution in [3.8, 4) is 0 Å². The van der Waals surface area contributed by atoms with Crippen molar-refractivity contribution in [1.29, 1.82) is 0 Å². The maximum Gasteiger partial charge on any atom is 0.287 e. The summed E-state index contributed by atoms with van der Waals surface area (Å²) in [6.07, 6.45) is 12.6. The average Bonchev–Trinajstić information content (AvgIpc) is 3.22. The van der Waals surface area contributed by atoms with Crippen LogP contribution in [0.25, 0.3) is 11.0 Å². The molecular formula is C31H38N2O5. The van der Waals surface area contributed by atoms with Crippen LogP contribution in [-0.4, -0.2) is 57.2 Å². The lowest BCUT2D eigenvalue weighted by molar-refractivity contribution is -0.104. The Labute approximate surface area is 224 Å². The smallest absolute Gasteiger partial charge is 0.287 e. The summed E-state index contributed by atoms with van der Waals surface area (Å²) in [5.41, 5.74) is 2.83. The van der Waals surface area contributed by atoms with Gasteiger partial charge in [0.15, 0.2) is 17.8 Å². The number of benzene rings is 1. The summed E-state index contributed by atoms with van der Waals surface area (Å²) < 4.78 is 11.1. The molecule has 0 bridgehead atoms. The number of aldehydes is 1. The minimum Gasteiger partial charge on any atom is -0.497 e. The normalized spacial score (nSPS) is 18.1. The van der Waals surface area contributed by atoms with E-state index in [0.29, 0.717) is 47.5 Å². The molecule has 2 aliphatic rings. The third kappa shape index (κ3) is 6.33. The van der Waals surface area contributed by atoms with Gasteiger partial charge in [-0.2, -0.15) is 0 Å². The molecule has 1 heterocycles. The van der Waals surface area contributed by atoms with Crippen molar-refractivity contribution >= 4 is 28.9 Å². The second-order valence-corrected chi connectivity index (χ2v) is 10.7. The lowest BCUT2D eigenvalue weighted by Crippen LogP contribution is -2.31. The Balaban J connectivity index is 1.60. The SMILES string of the molecule is COC1=CCC(C/C(CC2CCC2)=C(\C=O)C(=O)c2ccc3oc(C(=O)NCCN(C)C)c(C)c3c2)C=C1. The number of ether oxygens (including phenoxy) is 1. The highest BCUT2D eigenvalue weighted by Gasteiger charge is 2.26. The van der Waals surface area contributed by atoms with Gasteiger partial charge < -0.3 is 19.4 Å². The molecule has 1 N–H and O–H groups in total. The van der Waals surface area contributed by atoms with Crippen LogP contribution in [0.4, 0.5) is 0 Å². The zero-order valence-electron chi connectivity index (χ0n) is 22.8. The van der Waals surface area contributed by atoms with Gasteiger partial charge in [-0.05, 0) is 82.5 Å². The van der Waals surface area contributed by atoms with Gasteiger partial charge in [-0.1, -0.05) is 30.9 Å². The molecule has 38 heavy (non-hydrogen) atoms. The number of ketones is 1. The van der Waals surface area contributed by atoms with E-state index >= 15 is 0 Å². The Kier molecular flexibility index (Phi) is 9.00. The Morgan fingerprint density at radius 3 is 2.61 bits per heavy atom. The first-order chi connectivity index (χ1) is 18.3. The van der Waals surface area contributed by atoms with Crippen molar-refractivity contribution in [3.05, 3.63) is 70.2 Å². The molecule has 1 amide bonds. The highest BCUT2D eigenvalue weighted by Crippen LogP contribution is 2.37. The molecule has 1 atom stereocenters. The summed E-state index contributed by atoms with van der Waals surface area (Å²) in [7, 11) is 5.54. The monoisotopic (exact) mass is 518 g/mol. The van der Waals surface area contributed by atoms with Crippen LogP contribution >= 0.6 is 0 Å². The number of hydrogen-bond donors (Lipinski definition) is 1. The third-order valence-electron chi connectivity index (χ3n) is 7.65. The van der Waals surface area contributed by atoms with Gasteiger partial charge in [0.05, 0.1) is 12.7 Å². The van der Waals surface area contributed by atoms with Crippen molar-refractivity contribution in [2.24, 2.45) is 11.8 Å². The van der Waals surface area contributed by atoms with Gasteiger partial charge in [0, 0.05) is 29.6 Å². The molecule has 1 aromatic carbocycles. The summed E-state index contributed by atoms with van der Waals surface area (Å²) >= 11 is 0. The van der Waals surface area contributed by atoms with Gasteiger partial charge in [-0.3, -0.25) is 14.4 Å². The van der Waals surface area contributed by atoms with Crippen molar-refractivity contribution in [1.82, 2.24) is 10.2 Å². The van der Waals surface area contributed by atoms with Crippen molar-refractivity contribution in [2.45, 2.75) is 45.4 Å². The number of carbonyl (C=O) groups is 3. The lowest BCUT2D eigenvalue weighted by Gasteiger charge is -2.28. The maximum atomic E-state index is 13.7. The molecule has 0 spiro atoms. The summed E-state index contributed by atoms with van der Waals surface area (Å²) in [5, 5.41) is 3.57. The second kappa shape index (κ2) is 12.4. The van der Waals surface area contributed by atoms with Gasteiger partial charge in [0.2, 0.25) is 0 Å². The van der Waals surface area contributed by atoms with Crippen LogP contribution in [0, 0.1) is 18.8 Å². The number of furan rings is 1. The molecule has 7 heteroatoms. The zero-order valence-corrected chi connectivity index (χ0v) is 22.8. The molecule has 1 aromatic heterocycles. The topological polar surface area (TPSA) is 88.9 Å². The van der Waals surface area contributed by atoms with Crippen LogP contribution < -0.4 is 5.32 Å². The van der Waals surface area contributed by atoms with Crippen LogP contribution in [0.2, 0.25) is 0 Å². The molecule has 0 aliphatic heterocycles. The van der Waals surface area contributed by atoms with Crippen molar-refractivity contribution < 1.29 is 23.5 Å². The largest absolute Gasteiger partial charge is 0.497 e. The van der Waals surface area contributed by atoms with Gasteiger partial charge in [0.25, 0.3) is 5.91 Å². The quantitative estimate of drug-likeness (QED) is 0.133. The van der Waals surface area contributed by atoms with Crippen molar-refractivity contribution in [3.63, 3.8) is 0 Å². The minimum atomic E-state index is -0.282. The average molecular weight is 519 g/mol. The van der Waals surface area contributed by atoms with Crippen LogP contribution in [-0.2, 0) is 9.53 Å². The summed E-state index contributed by atoms with van der Waals surface area (Å²) in [6.45, 7) is 3.03. The molecular weight excluding hydrogens is 480 g/mol. The predicted octanol–water partition coefficient (Wildman–Crippen LogP) is 5.40. The molecule has 2 aliphatic carbocycles. The second-order valence-electron chi connectivity index (χ2n) is 10.7. The fourth-order valence-corrected chi connectivity index (χ4v) is 5.12. The molecule has 0 radical (unpaired) electrons. The van der Waals surface area contributed by atoms with Gasteiger partial charge >= 0.3 is 0 Å². The van der Waals surface area contributed by atoms with E-state index in [9.17, 15) is 14.4 Å². The Morgan fingerprint density at radius 2 is 2.00 bits per heavy atom. The van der Waals surface area contributed by atoms with E-state index in [1.54, 1.807) is 25.3 Å². The maximum absolute atomic E-state index is 13.7. The number of methoxy groups -OCH3 is 1. The van der Waals surface area contributed by atoms with E-state index in [4.69, 9.17) is 9.15 Å². The van der Waals surface area contributed by atoms with Gasteiger partial charge in [0.1, 0.15) is 11.3 Å². The summed E-state index contributed by atoms with van der Waals surface area (Å²) in [4.78, 5) is 40.7. The minimum absolute atomic E-state index is 0.221. The van der Waals surface area contributed by atoms with Crippen molar-refractivity contribution in [2.75, 3.05) is 34.3 Å². The standard InChI is InChI=1S/C31H38N2O5/c1-20-26-18-23(10-13-28(26)38-30(20)31(36)32-14-15-33(2)3)29(35)27(19-34)24(16-21-6-5-7-21)17-22-8-11-25(37-4)12-9-22/h8,10-13,18-19,21-22H,5-7,9,14-17H2,1-4H3,(H,32,36)/b27-24+. The lowest BCUT2D eigenvalue weighted by atomic mass is 9.77. The van der Waals surface area contributed by atoms with E-state index in [1.807, 2.05) is 32.0 Å². The number of amides is 1. The van der Waals surface area contributed by atoms with Crippen LogP contribution in [0.5, 0.6) is 0 Å². The first-order valence-corrected chi connectivity index (χ1v) is 13.4.